The molecule has 0 aliphatic heterocycles. The van der Waals surface area contributed by atoms with E-state index in [4.69, 9.17) is 0 Å². The highest BCUT2D eigenvalue weighted by Gasteiger charge is 2.17. The number of halogens is 1. The van der Waals surface area contributed by atoms with Crippen molar-refractivity contribution in [1.82, 2.24) is 19.9 Å². The van der Waals surface area contributed by atoms with Gasteiger partial charge in [0.25, 0.3) is 5.56 Å². The average molecular weight is 327 g/mol. The van der Waals surface area contributed by atoms with Crippen LogP contribution in [0.25, 0.3) is 10.9 Å². The minimum absolute atomic E-state index is 0.205. The number of rotatable bonds is 5. The van der Waals surface area contributed by atoms with Gasteiger partial charge in [0.15, 0.2) is 11.6 Å². The van der Waals surface area contributed by atoms with Crippen molar-refractivity contribution in [2.24, 2.45) is 0 Å². The SMILES string of the molecule is CCc1ncnc(N(CC)Cc2nc3ccccc3c(=O)[nH]2)c1F. The lowest BCUT2D eigenvalue weighted by atomic mass is 10.2. The van der Waals surface area contributed by atoms with Gasteiger partial charge in [-0.2, -0.15) is 0 Å². The van der Waals surface area contributed by atoms with E-state index in [1.165, 1.54) is 6.33 Å². The van der Waals surface area contributed by atoms with Crippen molar-refractivity contribution in [3.8, 4) is 0 Å². The van der Waals surface area contributed by atoms with Gasteiger partial charge in [-0.25, -0.2) is 19.3 Å². The lowest BCUT2D eigenvalue weighted by Gasteiger charge is -2.22. The molecule has 0 spiro atoms. The fourth-order valence-electron chi connectivity index (χ4n) is 2.59. The zero-order chi connectivity index (χ0) is 17.1. The first-order valence-corrected chi connectivity index (χ1v) is 7.86. The van der Waals surface area contributed by atoms with Crippen LogP contribution in [0, 0.1) is 5.82 Å². The standard InChI is InChI=1S/C17H18FN5O/c1-3-12-15(18)16(20-10-19-12)23(4-2)9-14-21-13-8-6-5-7-11(13)17(24)22-14/h5-8,10H,3-4,9H2,1-2H3,(H,21,22,24). The van der Waals surface area contributed by atoms with E-state index < -0.39 is 5.82 Å². The van der Waals surface area contributed by atoms with Gasteiger partial charge in [-0.1, -0.05) is 19.1 Å². The summed E-state index contributed by atoms with van der Waals surface area (Å²) in [5, 5.41) is 0.533. The summed E-state index contributed by atoms with van der Waals surface area (Å²) in [7, 11) is 0. The number of hydrogen-bond donors (Lipinski definition) is 1. The van der Waals surface area contributed by atoms with Gasteiger partial charge in [0.2, 0.25) is 0 Å². The average Bonchev–Trinajstić information content (AvgIpc) is 2.60. The van der Waals surface area contributed by atoms with E-state index in [0.717, 1.165) is 0 Å². The van der Waals surface area contributed by atoms with Gasteiger partial charge >= 0.3 is 0 Å². The normalized spacial score (nSPS) is 11.0. The van der Waals surface area contributed by atoms with Crippen LogP contribution in [0.1, 0.15) is 25.4 Å². The van der Waals surface area contributed by atoms with Crippen LogP contribution >= 0.6 is 0 Å². The molecule has 2 aromatic heterocycles. The van der Waals surface area contributed by atoms with Crippen LogP contribution in [0.5, 0.6) is 0 Å². The summed E-state index contributed by atoms with van der Waals surface area (Å²) in [6.07, 6.45) is 1.85. The Kier molecular flexibility index (Phi) is 4.50. The predicted molar refractivity (Wildman–Crippen MR) is 90.5 cm³/mol. The number of aromatic amines is 1. The molecule has 6 nitrogen and oxygen atoms in total. The monoisotopic (exact) mass is 327 g/mol. The Balaban J connectivity index is 1.98. The predicted octanol–water partition coefficient (Wildman–Crippen LogP) is 2.44. The maximum absolute atomic E-state index is 14.5. The van der Waals surface area contributed by atoms with E-state index in [-0.39, 0.29) is 17.9 Å². The van der Waals surface area contributed by atoms with Crippen molar-refractivity contribution >= 4 is 16.7 Å². The zero-order valence-electron chi connectivity index (χ0n) is 13.6. The summed E-state index contributed by atoms with van der Waals surface area (Å²) < 4.78 is 14.5. The van der Waals surface area contributed by atoms with Crippen LogP contribution < -0.4 is 10.5 Å². The molecule has 0 aliphatic rings. The first-order valence-electron chi connectivity index (χ1n) is 7.86. The Bertz CT molecular complexity index is 924. The molecule has 0 saturated carbocycles. The molecule has 2 heterocycles. The van der Waals surface area contributed by atoms with Crippen molar-refractivity contribution in [2.75, 3.05) is 11.4 Å². The Hall–Kier alpha value is -2.83. The maximum atomic E-state index is 14.5. The van der Waals surface area contributed by atoms with E-state index in [0.29, 0.717) is 35.4 Å². The lowest BCUT2D eigenvalue weighted by molar-refractivity contribution is 0.581. The second-order valence-corrected chi connectivity index (χ2v) is 5.36. The van der Waals surface area contributed by atoms with Gasteiger partial charge in [-0.05, 0) is 25.5 Å². The van der Waals surface area contributed by atoms with Gasteiger partial charge in [0.05, 0.1) is 23.1 Å². The van der Waals surface area contributed by atoms with Crippen LogP contribution in [-0.4, -0.2) is 26.5 Å². The molecule has 0 atom stereocenters. The van der Waals surface area contributed by atoms with E-state index in [9.17, 15) is 9.18 Å². The number of fused-ring (bicyclic) bond motifs is 1. The quantitative estimate of drug-likeness (QED) is 0.779. The van der Waals surface area contributed by atoms with E-state index in [2.05, 4.69) is 19.9 Å². The fraction of sp³-hybridized carbons (Fsp3) is 0.294. The molecule has 0 aliphatic carbocycles. The zero-order valence-corrected chi connectivity index (χ0v) is 13.6. The Morgan fingerprint density at radius 1 is 1.21 bits per heavy atom. The summed E-state index contributed by atoms with van der Waals surface area (Å²) >= 11 is 0. The highest BCUT2D eigenvalue weighted by Crippen LogP contribution is 2.19. The number of aromatic nitrogens is 4. The molecule has 24 heavy (non-hydrogen) atoms. The number of aryl methyl sites for hydroxylation is 1. The topological polar surface area (TPSA) is 74.8 Å². The second kappa shape index (κ2) is 6.74. The number of hydrogen-bond acceptors (Lipinski definition) is 5. The molecular weight excluding hydrogens is 309 g/mol. The van der Waals surface area contributed by atoms with E-state index in [1.54, 1.807) is 23.1 Å². The summed E-state index contributed by atoms with van der Waals surface area (Å²) in [5.74, 6) is 0.266. The molecule has 0 saturated heterocycles. The van der Waals surface area contributed by atoms with Crippen molar-refractivity contribution in [1.29, 1.82) is 0 Å². The van der Waals surface area contributed by atoms with Crippen molar-refractivity contribution in [3.05, 3.63) is 58.3 Å². The minimum Gasteiger partial charge on any atom is -0.347 e. The highest BCUT2D eigenvalue weighted by atomic mass is 19.1. The molecule has 3 aromatic rings. The molecule has 0 radical (unpaired) electrons. The first-order chi connectivity index (χ1) is 11.6. The first kappa shape index (κ1) is 16.0. The molecule has 1 N–H and O–H groups in total. The molecule has 124 valence electrons. The number of para-hydroxylation sites is 1. The van der Waals surface area contributed by atoms with Crippen molar-refractivity contribution in [2.45, 2.75) is 26.8 Å². The smallest absolute Gasteiger partial charge is 0.258 e. The molecule has 0 fully saturated rings. The number of H-pyrrole nitrogens is 1. The van der Waals surface area contributed by atoms with Crippen molar-refractivity contribution in [3.63, 3.8) is 0 Å². The Morgan fingerprint density at radius 2 is 2.00 bits per heavy atom. The summed E-state index contributed by atoms with van der Waals surface area (Å²) in [6.45, 7) is 4.52. The van der Waals surface area contributed by atoms with Gasteiger partial charge in [0, 0.05) is 6.54 Å². The molecule has 3 rings (SSSR count). The summed E-state index contributed by atoms with van der Waals surface area (Å²) in [6, 6.07) is 7.12. The van der Waals surface area contributed by atoms with Crippen LogP contribution in [0.3, 0.4) is 0 Å². The molecule has 0 unspecified atom stereocenters. The van der Waals surface area contributed by atoms with E-state index >= 15 is 0 Å². The lowest BCUT2D eigenvalue weighted by Crippen LogP contribution is -2.27. The third kappa shape index (κ3) is 2.97. The molecule has 1 aromatic carbocycles. The Labute approximate surface area is 138 Å². The third-order valence-corrected chi connectivity index (χ3v) is 3.86. The molecule has 7 heteroatoms. The second-order valence-electron chi connectivity index (χ2n) is 5.36. The number of nitrogens with zero attached hydrogens (tertiary/aromatic N) is 4. The number of benzene rings is 1. The van der Waals surface area contributed by atoms with Crippen LogP contribution in [-0.2, 0) is 13.0 Å². The maximum Gasteiger partial charge on any atom is 0.258 e. The minimum atomic E-state index is -0.426. The number of anilines is 1. The van der Waals surface area contributed by atoms with Crippen LogP contribution in [0.4, 0.5) is 10.2 Å². The Morgan fingerprint density at radius 3 is 2.75 bits per heavy atom. The largest absolute Gasteiger partial charge is 0.347 e. The molecular formula is C17H18FN5O. The molecule has 0 bridgehead atoms. The highest BCUT2D eigenvalue weighted by molar-refractivity contribution is 5.77. The van der Waals surface area contributed by atoms with E-state index in [1.807, 2.05) is 19.9 Å². The van der Waals surface area contributed by atoms with Crippen LogP contribution in [0.2, 0.25) is 0 Å². The van der Waals surface area contributed by atoms with Gasteiger partial charge in [-0.15, -0.1) is 0 Å². The van der Waals surface area contributed by atoms with Crippen LogP contribution in [0.15, 0.2) is 35.4 Å². The summed E-state index contributed by atoms with van der Waals surface area (Å²) in [4.78, 5) is 29.1. The summed E-state index contributed by atoms with van der Waals surface area (Å²) in [5.41, 5.74) is 0.784. The fourth-order valence-corrected chi connectivity index (χ4v) is 2.59. The van der Waals surface area contributed by atoms with Crippen molar-refractivity contribution < 1.29 is 4.39 Å². The van der Waals surface area contributed by atoms with Gasteiger partial charge < -0.3 is 9.88 Å². The molecule has 0 amide bonds. The van der Waals surface area contributed by atoms with Gasteiger partial charge in [0.1, 0.15) is 12.2 Å². The van der Waals surface area contributed by atoms with Gasteiger partial charge in [-0.3, -0.25) is 4.79 Å². The number of nitrogens with one attached hydrogen (secondary N) is 1. The third-order valence-electron chi connectivity index (χ3n) is 3.86.